The summed E-state index contributed by atoms with van der Waals surface area (Å²) in [6.07, 6.45) is 0. The number of nitrogens with one attached hydrogen (secondary N) is 3. The van der Waals surface area contributed by atoms with Crippen LogP contribution >= 0.6 is 0 Å². The molecule has 0 aliphatic rings. The number of amides is 1. The molecule has 0 radical (unpaired) electrons. The number of benzene rings is 3. The number of carbonyl (C=O) groups is 1. The van der Waals surface area contributed by atoms with Gasteiger partial charge in [-0.1, -0.05) is 0 Å². The predicted octanol–water partition coefficient (Wildman–Crippen LogP) is 4.33. The van der Waals surface area contributed by atoms with E-state index in [2.05, 4.69) is 15.4 Å². The van der Waals surface area contributed by atoms with E-state index in [1.165, 1.54) is 19.1 Å². The lowest BCUT2D eigenvalue weighted by Crippen LogP contribution is -2.12. The number of halogens is 1. The van der Waals surface area contributed by atoms with Gasteiger partial charge in [0.2, 0.25) is 5.91 Å². The van der Waals surface area contributed by atoms with Crippen molar-refractivity contribution in [2.24, 2.45) is 0 Å². The maximum absolute atomic E-state index is 13.0. The van der Waals surface area contributed by atoms with E-state index in [0.717, 1.165) is 23.5 Å². The van der Waals surface area contributed by atoms with Gasteiger partial charge < -0.3 is 10.6 Å². The van der Waals surface area contributed by atoms with E-state index in [-0.39, 0.29) is 10.8 Å². The smallest absolute Gasteiger partial charge is 0.261 e. The Kier molecular flexibility index (Phi) is 5.60. The second-order valence-corrected chi connectivity index (χ2v) is 7.70. The lowest BCUT2D eigenvalue weighted by Gasteiger charge is -2.11. The molecule has 0 saturated heterocycles. The van der Waals surface area contributed by atoms with E-state index in [0.29, 0.717) is 11.4 Å². The lowest BCUT2D eigenvalue weighted by atomic mass is 10.2. The van der Waals surface area contributed by atoms with Gasteiger partial charge in [0.15, 0.2) is 0 Å². The molecule has 0 bridgehead atoms. The zero-order chi connectivity index (χ0) is 20.1. The molecule has 0 atom stereocenters. The molecule has 0 saturated carbocycles. The van der Waals surface area contributed by atoms with Gasteiger partial charge in [-0.25, -0.2) is 12.8 Å². The van der Waals surface area contributed by atoms with Gasteiger partial charge in [-0.15, -0.1) is 0 Å². The molecule has 3 aromatic carbocycles. The Morgan fingerprint density at radius 1 is 0.750 bits per heavy atom. The maximum atomic E-state index is 13.0. The second kappa shape index (κ2) is 8.10. The minimum atomic E-state index is -3.79. The van der Waals surface area contributed by atoms with Gasteiger partial charge in [-0.2, -0.15) is 0 Å². The van der Waals surface area contributed by atoms with Crippen molar-refractivity contribution >= 4 is 38.7 Å². The van der Waals surface area contributed by atoms with Crippen molar-refractivity contribution in [1.82, 2.24) is 0 Å². The summed E-state index contributed by atoms with van der Waals surface area (Å²) in [5, 5.41) is 5.87. The molecule has 144 valence electrons. The molecule has 3 rings (SSSR count). The number of carbonyl (C=O) groups excluding carboxylic acids is 1. The van der Waals surface area contributed by atoms with Crippen LogP contribution in [0.25, 0.3) is 0 Å². The fourth-order valence-corrected chi connectivity index (χ4v) is 3.51. The highest BCUT2D eigenvalue weighted by Gasteiger charge is 2.14. The summed E-state index contributed by atoms with van der Waals surface area (Å²) in [5.41, 5.74) is 2.66. The van der Waals surface area contributed by atoms with E-state index in [4.69, 9.17) is 0 Å². The summed E-state index contributed by atoms with van der Waals surface area (Å²) in [4.78, 5) is 11.0. The molecule has 1 amide bonds. The quantitative estimate of drug-likeness (QED) is 0.576. The zero-order valence-corrected chi connectivity index (χ0v) is 15.8. The maximum Gasteiger partial charge on any atom is 0.261 e. The fraction of sp³-hybridized carbons (Fsp3) is 0.0500. The predicted molar refractivity (Wildman–Crippen MR) is 108 cm³/mol. The number of rotatable bonds is 6. The van der Waals surface area contributed by atoms with Gasteiger partial charge >= 0.3 is 0 Å². The van der Waals surface area contributed by atoms with Crippen molar-refractivity contribution in [3.8, 4) is 0 Å². The first kappa shape index (κ1) is 19.4. The summed E-state index contributed by atoms with van der Waals surface area (Å²) < 4.78 is 40.1. The summed E-state index contributed by atoms with van der Waals surface area (Å²) in [6.45, 7) is 1.44. The Labute approximate surface area is 162 Å². The van der Waals surface area contributed by atoms with Crippen LogP contribution in [0.3, 0.4) is 0 Å². The van der Waals surface area contributed by atoms with Crippen molar-refractivity contribution in [3.05, 3.63) is 78.6 Å². The summed E-state index contributed by atoms with van der Waals surface area (Å²) >= 11 is 0. The molecule has 0 aliphatic carbocycles. The first-order valence-electron chi connectivity index (χ1n) is 8.35. The van der Waals surface area contributed by atoms with Crippen molar-refractivity contribution in [2.45, 2.75) is 11.8 Å². The second-order valence-electron chi connectivity index (χ2n) is 6.02. The summed E-state index contributed by atoms with van der Waals surface area (Å²) in [5.74, 6) is -0.640. The van der Waals surface area contributed by atoms with Gasteiger partial charge in [-0.3, -0.25) is 9.52 Å². The Hall–Kier alpha value is -3.39. The zero-order valence-electron chi connectivity index (χ0n) is 14.9. The van der Waals surface area contributed by atoms with E-state index in [1.54, 1.807) is 36.4 Å². The number of sulfonamides is 1. The largest absolute Gasteiger partial charge is 0.356 e. The van der Waals surface area contributed by atoms with Crippen molar-refractivity contribution < 1.29 is 17.6 Å². The molecule has 0 unspecified atom stereocenters. The molecular formula is C20H18FN3O3S. The SMILES string of the molecule is CC(=O)Nc1ccc(Nc2ccc(NS(=O)(=O)c3ccc(F)cc3)cc2)cc1. The number of hydrogen-bond donors (Lipinski definition) is 3. The monoisotopic (exact) mass is 399 g/mol. The van der Waals surface area contributed by atoms with Gasteiger partial charge in [0.1, 0.15) is 5.82 Å². The van der Waals surface area contributed by atoms with Crippen LogP contribution in [0.15, 0.2) is 77.7 Å². The molecule has 28 heavy (non-hydrogen) atoms. The molecule has 0 spiro atoms. The van der Waals surface area contributed by atoms with Crippen LogP contribution in [-0.2, 0) is 14.8 Å². The van der Waals surface area contributed by atoms with Crippen molar-refractivity contribution in [3.63, 3.8) is 0 Å². The van der Waals surface area contributed by atoms with E-state index in [9.17, 15) is 17.6 Å². The highest BCUT2D eigenvalue weighted by atomic mass is 32.2. The Balaban J connectivity index is 1.66. The molecule has 3 aromatic rings. The highest BCUT2D eigenvalue weighted by Crippen LogP contribution is 2.22. The van der Waals surface area contributed by atoms with Gasteiger partial charge in [0.25, 0.3) is 10.0 Å². The Morgan fingerprint density at radius 3 is 1.71 bits per heavy atom. The fourth-order valence-electron chi connectivity index (χ4n) is 2.46. The van der Waals surface area contributed by atoms with Crippen LogP contribution in [0.2, 0.25) is 0 Å². The molecular weight excluding hydrogens is 381 g/mol. The molecule has 6 nitrogen and oxygen atoms in total. The third kappa shape index (κ3) is 5.08. The van der Waals surface area contributed by atoms with Crippen LogP contribution in [0.4, 0.5) is 27.1 Å². The highest BCUT2D eigenvalue weighted by molar-refractivity contribution is 7.92. The first-order chi connectivity index (χ1) is 13.3. The summed E-state index contributed by atoms with van der Waals surface area (Å²) in [7, 11) is -3.79. The Morgan fingerprint density at radius 2 is 1.21 bits per heavy atom. The van der Waals surface area contributed by atoms with Crippen LogP contribution in [0, 0.1) is 5.82 Å². The van der Waals surface area contributed by atoms with Gasteiger partial charge in [0.05, 0.1) is 4.90 Å². The van der Waals surface area contributed by atoms with Crippen LogP contribution < -0.4 is 15.4 Å². The average molecular weight is 399 g/mol. The molecule has 0 heterocycles. The minimum Gasteiger partial charge on any atom is -0.356 e. The van der Waals surface area contributed by atoms with E-state index < -0.39 is 15.8 Å². The van der Waals surface area contributed by atoms with Crippen LogP contribution in [-0.4, -0.2) is 14.3 Å². The molecule has 3 N–H and O–H groups in total. The van der Waals surface area contributed by atoms with Crippen LogP contribution in [0.5, 0.6) is 0 Å². The van der Waals surface area contributed by atoms with E-state index in [1.807, 2.05) is 12.1 Å². The lowest BCUT2D eigenvalue weighted by molar-refractivity contribution is -0.114. The van der Waals surface area contributed by atoms with Gasteiger partial charge in [0, 0.05) is 29.7 Å². The summed E-state index contributed by atoms with van der Waals surface area (Å²) in [6, 6.07) is 18.5. The third-order valence-electron chi connectivity index (χ3n) is 3.75. The third-order valence-corrected chi connectivity index (χ3v) is 5.15. The minimum absolute atomic E-state index is 0.0182. The van der Waals surface area contributed by atoms with Crippen LogP contribution in [0.1, 0.15) is 6.92 Å². The Bertz CT molecular complexity index is 1070. The van der Waals surface area contributed by atoms with E-state index >= 15 is 0 Å². The normalized spacial score (nSPS) is 10.9. The van der Waals surface area contributed by atoms with Crippen molar-refractivity contribution in [2.75, 3.05) is 15.4 Å². The van der Waals surface area contributed by atoms with Gasteiger partial charge in [-0.05, 0) is 72.8 Å². The number of anilines is 4. The number of hydrogen-bond acceptors (Lipinski definition) is 4. The first-order valence-corrected chi connectivity index (χ1v) is 9.83. The molecule has 0 aromatic heterocycles. The van der Waals surface area contributed by atoms with Crippen molar-refractivity contribution in [1.29, 1.82) is 0 Å². The molecule has 8 heteroatoms. The average Bonchev–Trinajstić information content (AvgIpc) is 2.65. The standard InChI is InChI=1S/C20H18FN3O3S/c1-14(25)22-16-4-6-17(7-5-16)23-18-8-10-19(11-9-18)24-28(26,27)20-12-2-15(21)3-13-20/h2-13,23-24H,1H3,(H,22,25). The molecule has 0 aliphatic heterocycles. The topological polar surface area (TPSA) is 87.3 Å². The molecule has 0 fully saturated rings.